The van der Waals surface area contributed by atoms with E-state index in [9.17, 15) is 0 Å². The summed E-state index contributed by atoms with van der Waals surface area (Å²) in [6, 6.07) is 0. The standard InChI is InChI=1S/2C6H13.CH3O.Al/c2*1-4-5-6(2)3;1-2;/h2*6H,2,4-5H2,1,3H3;1H3;/q;;-1;+1. The van der Waals surface area contributed by atoms with Crippen LogP contribution < -0.4 is 5.11 Å². The SMILES string of the molecule is CCCC(C)[CH2][Al+][CH2]C(C)CCC.C[O-]. The molecule has 0 radical (unpaired) electrons. The zero-order valence-corrected chi connectivity index (χ0v) is 12.5. The van der Waals surface area contributed by atoms with E-state index in [0.717, 1.165) is 34.2 Å². The van der Waals surface area contributed by atoms with Crippen molar-refractivity contribution in [3.63, 3.8) is 0 Å². The van der Waals surface area contributed by atoms with Gasteiger partial charge in [0.1, 0.15) is 0 Å². The average molecular weight is 228 g/mol. The Balaban J connectivity index is 0. The Hall–Kier alpha value is 0.492. The average Bonchev–Trinajstić information content (AvgIpc) is 2.21. The summed E-state index contributed by atoms with van der Waals surface area (Å²) in [5.74, 6) is 1.99. The summed E-state index contributed by atoms with van der Waals surface area (Å²) < 4.78 is 0. The zero-order valence-electron chi connectivity index (χ0n) is 11.4. The predicted octanol–water partition coefficient (Wildman–Crippen LogP) is 3.38. The molecule has 0 spiro atoms. The smallest absolute Gasteiger partial charge is 0.153 e. The molecule has 0 rings (SSSR count). The molecule has 2 atom stereocenters. The molecule has 1 nitrogen and oxygen atoms in total. The topological polar surface area (TPSA) is 23.1 Å². The molecule has 0 aromatic rings. The van der Waals surface area contributed by atoms with Gasteiger partial charge in [-0.1, -0.05) is 0 Å². The molecule has 0 heterocycles. The fraction of sp³-hybridized carbons (Fsp3) is 1.00. The van der Waals surface area contributed by atoms with Crippen LogP contribution in [0.3, 0.4) is 0 Å². The quantitative estimate of drug-likeness (QED) is 0.584. The van der Waals surface area contributed by atoms with Crippen LogP contribution in [0.5, 0.6) is 0 Å². The predicted molar refractivity (Wildman–Crippen MR) is 69.4 cm³/mol. The van der Waals surface area contributed by atoms with Gasteiger partial charge in [0, 0.05) is 0 Å². The van der Waals surface area contributed by atoms with E-state index in [-0.39, 0.29) is 0 Å². The molecule has 0 saturated carbocycles. The maximum absolute atomic E-state index is 8.25. The fourth-order valence-corrected chi connectivity index (χ4v) is 3.69. The maximum atomic E-state index is 8.25. The van der Waals surface area contributed by atoms with Crippen LogP contribution >= 0.6 is 0 Å². The third-order valence-electron chi connectivity index (χ3n) is 2.70. The van der Waals surface area contributed by atoms with Crippen LogP contribution in [0.25, 0.3) is 0 Å². The molecule has 0 aliphatic rings. The first-order valence-electron chi connectivity index (χ1n) is 6.43. The van der Waals surface area contributed by atoms with Gasteiger partial charge in [0.15, 0.2) is 0 Å². The van der Waals surface area contributed by atoms with Crippen molar-refractivity contribution in [2.75, 3.05) is 7.11 Å². The summed E-state index contributed by atoms with van der Waals surface area (Å²) >= 11 is 0.744. The molecule has 0 saturated heterocycles. The van der Waals surface area contributed by atoms with Gasteiger partial charge in [-0.05, 0) is 0 Å². The third kappa shape index (κ3) is 14.5. The molecule has 0 aromatic heterocycles. The van der Waals surface area contributed by atoms with Crippen molar-refractivity contribution >= 4 is 15.2 Å². The van der Waals surface area contributed by atoms with E-state index >= 15 is 0 Å². The molecule has 0 N–H and O–H groups in total. The minimum atomic E-state index is 0.744. The van der Waals surface area contributed by atoms with Crippen molar-refractivity contribution in [1.29, 1.82) is 0 Å². The van der Waals surface area contributed by atoms with E-state index in [0.29, 0.717) is 0 Å². The van der Waals surface area contributed by atoms with Crippen LogP contribution in [-0.4, -0.2) is 22.3 Å². The van der Waals surface area contributed by atoms with Crippen molar-refractivity contribution in [2.24, 2.45) is 11.8 Å². The van der Waals surface area contributed by atoms with E-state index in [1.165, 1.54) is 36.2 Å². The maximum Gasteiger partial charge on any atom is -0.153 e. The van der Waals surface area contributed by atoms with E-state index in [1.54, 1.807) is 0 Å². The normalized spacial score (nSPS) is 13.5. The number of rotatable bonds is 8. The van der Waals surface area contributed by atoms with Gasteiger partial charge in [0.05, 0.1) is 0 Å². The van der Waals surface area contributed by atoms with Crippen molar-refractivity contribution < 1.29 is 5.11 Å². The summed E-state index contributed by atoms with van der Waals surface area (Å²) in [7, 11) is 0.750. The minimum absolute atomic E-state index is 0.744. The molecule has 0 aliphatic heterocycles. The Labute approximate surface area is 103 Å². The van der Waals surface area contributed by atoms with Gasteiger partial charge in [0.2, 0.25) is 0 Å². The van der Waals surface area contributed by atoms with Gasteiger partial charge in [-0.15, -0.1) is 0 Å². The van der Waals surface area contributed by atoms with Crippen LogP contribution in [0.2, 0.25) is 10.6 Å². The molecule has 0 amide bonds. The molecule has 0 fully saturated rings. The van der Waals surface area contributed by atoms with Crippen LogP contribution in [-0.2, 0) is 0 Å². The Morgan fingerprint density at radius 1 is 0.867 bits per heavy atom. The Bertz CT molecular complexity index is 94.7. The van der Waals surface area contributed by atoms with Crippen LogP contribution in [0, 0.1) is 11.8 Å². The number of hydrogen-bond donors (Lipinski definition) is 0. The molecule has 0 aromatic carbocycles. The largest absolute Gasteiger partial charge is 0.857 e. The molecule has 2 heteroatoms. The molecular weight excluding hydrogens is 199 g/mol. The van der Waals surface area contributed by atoms with Gasteiger partial charge in [-0.3, -0.25) is 0 Å². The first kappa shape index (κ1) is 17.9. The number of hydrogen-bond acceptors (Lipinski definition) is 1. The zero-order chi connectivity index (χ0) is 12.1. The Kier molecular flexibility index (Phi) is 17.3. The second kappa shape index (κ2) is 14.5. The molecule has 0 bridgehead atoms. The molecule has 15 heavy (non-hydrogen) atoms. The van der Waals surface area contributed by atoms with E-state index in [4.69, 9.17) is 5.11 Å². The van der Waals surface area contributed by atoms with Crippen molar-refractivity contribution in [3.8, 4) is 0 Å². The molecular formula is C13H29AlO. The van der Waals surface area contributed by atoms with Gasteiger partial charge in [0.25, 0.3) is 0 Å². The van der Waals surface area contributed by atoms with Gasteiger partial charge < -0.3 is 5.11 Å². The van der Waals surface area contributed by atoms with Crippen LogP contribution in [0.1, 0.15) is 53.4 Å². The van der Waals surface area contributed by atoms with Crippen molar-refractivity contribution in [2.45, 2.75) is 63.9 Å². The first-order valence-corrected chi connectivity index (χ1v) is 8.06. The summed E-state index contributed by atoms with van der Waals surface area (Å²) in [4.78, 5) is 0. The third-order valence-corrected chi connectivity index (χ3v) is 4.98. The summed E-state index contributed by atoms with van der Waals surface area (Å²) in [6.45, 7) is 9.43. The van der Waals surface area contributed by atoms with Gasteiger partial charge >= 0.3 is 91.0 Å². The van der Waals surface area contributed by atoms with Crippen LogP contribution in [0.4, 0.5) is 0 Å². The van der Waals surface area contributed by atoms with Crippen LogP contribution in [0.15, 0.2) is 0 Å². The van der Waals surface area contributed by atoms with E-state index in [1.807, 2.05) is 0 Å². The fourth-order valence-electron chi connectivity index (χ4n) is 1.89. The molecule has 2 unspecified atom stereocenters. The monoisotopic (exact) mass is 228 g/mol. The second-order valence-corrected chi connectivity index (χ2v) is 6.07. The molecule has 90 valence electrons. The van der Waals surface area contributed by atoms with E-state index in [2.05, 4.69) is 27.7 Å². The minimum Gasteiger partial charge on any atom is -0.857 e. The van der Waals surface area contributed by atoms with Crippen molar-refractivity contribution in [3.05, 3.63) is 0 Å². The summed E-state index contributed by atoms with van der Waals surface area (Å²) in [6.07, 6.45) is 5.61. The first-order chi connectivity index (χ1) is 7.20. The van der Waals surface area contributed by atoms with Gasteiger partial charge in [-0.2, -0.15) is 7.11 Å². The summed E-state index contributed by atoms with van der Waals surface area (Å²) in [5.41, 5.74) is 0. The Morgan fingerprint density at radius 3 is 1.47 bits per heavy atom. The summed E-state index contributed by atoms with van der Waals surface area (Å²) in [5, 5.41) is 11.3. The van der Waals surface area contributed by atoms with E-state index < -0.39 is 0 Å². The Morgan fingerprint density at radius 2 is 1.20 bits per heavy atom. The second-order valence-electron chi connectivity index (χ2n) is 4.55. The van der Waals surface area contributed by atoms with Crippen molar-refractivity contribution in [1.82, 2.24) is 0 Å². The molecule has 0 aliphatic carbocycles. The van der Waals surface area contributed by atoms with Gasteiger partial charge in [-0.25, -0.2) is 0 Å².